The van der Waals surface area contributed by atoms with E-state index in [1.165, 1.54) is 34.4 Å². The van der Waals surface area contributed by atoms with Gasteiger partial charge in [-0.1, -0.05) is 48.0 Å². The molecule has 9 heteroatoms. The number of halogens is 2. The molecule has 0 saturated carbocycles. The topological polar surface area (TPSA) is 70.6 Å². The Bertz CT molecular complexity index is 1240. The molecule has 1 atom stereocenters. The number of amides is 2. The molecule has 2 heterocycles. The van der Waals surface area contributed by atoms with Crippen molar-refractivity contribution in [1.29, 1.82) is 0 Å². The summed E-state index contributed by atoms with van der Waals surface area (Å²) in [6.45, 7) is 4.85. The van der Waals surface area contributed by atoms with Crippen LogP contribution in [-0.2, 0) is 0 Å². The summed E-state index contributed by atoms with van der Waals surface area (Å²) in [6, 6.07) is 12.5. The maximum atomic E-state index is 14.2. The molecular formula is C27H27ClFN3O3S. The first-order valence-corrected chi connectivity index (χ1v) is 13.2. The Morgan fingerprint density at radius 1 is 1.14 bits per heavy atom. The number of likely N-dealkylation sites (N-methyl/N-ethyl adjacent to an activating group) is 1. The van der Waals surface area contributed by atoms with Gasteiger partial charge < -0.3 is 9.80 Å². The lowest BCUT2D eigenvalue weighted by Gasteiger charge is -2.31. The molecule has 36 heavy (non-hydrogen) atoms. The van der Waals surface area contributed by atoms with Gasteiger partial charge in [-0.2, -0.15) is 0 Å². The van der Waals surface area contributed by atoms with E-state index >= 15 is 0 Å². The molecule has 0 bridgehead atoms. The van der Waals surface area contributed by atoms with Crippen molar-refractivity contribution in [3.63, 3.8) is 0 Å². The van der Waals surface area contributed by atoms with E-state index in [2.05, 4.69) is 4.98 Å². The van der Waals surface area contributed by atoms with E-state index in [9.17, 15) is 18.8 Å². The van der Waals surface area contributed by atoms with Crippen LogP contribution in [0.25, 0.3) is 0 Å². The first-order chi connectivity index (χ1) is 17.3. The number of nitrogens with zero attached hydrogens (tertiary/aromatic N) is 3. The van der Waals surface area contributed by atoms with Gasteiger partial charge >= 0.3 is 0 Å². The van der Waals surface area contributed by atoms with E-state index in [1.54, 1.807) is 41.5 Å². The van der Waals surface area contributed by atoms with Gasteiger partial charge in [-0.25, -0.2) is 9.37 Å². The number of ketones is 1. The lowest BCUT2D eigenvalue weighted by Crippen LogP contribution is -2.43. The number of rotatable bonds is 7. The Kier molecular flexibility index (Phi) is 8.16. The fourth-order valence-electron chi connectivity index (χ4n) is 4.49. The van der Waals surface area contributed by atoms with Crippen LogP contribution in [0.15, 0.2) is 53.9 Å². The number of aromatic nitrogens is 1. The maximum Gasteiger partial charge on any atom is 0.273 e. The zero-order valence-corrected chi connectivity index (χ0v) is 21.7. The number of Topliss-reactive ketones (excluding diaryl/α,β-unsaturated/α-hetero) is 1. The number of likely N-dealkylation sites (tertiary alicyclic amines) is 1. The molecule has 1 aliphatic rings. The average Bonchev–Trinajstić information content (AvgIpc) is 3.39. The molecule has 6 nitrogen and oxygen atoms in total. The second-order valence-electron chi connectivity index (χ2n) is 8.73. The largest absolute Gasteiger partial charge is 0.338 e. The standard InChI is InChI=1S/C27H27ClFN3O3S/c1-3-32(17(2)24(33)18-8-5-4-6-9-18)26(34)22-16-36-25(30-22)19-12-14-31(15-13-19)27(35)23-20(28)10-7-11-21(23)29/h4-11,16-17,19H,3,12-15H2,1-2H3. The number of hydrogen-bond acceptors (Lipinski definition) is 5. The van der Waals surface area contributed by atoms with Gasteiger partial charge in [0.2, 0.25) is 0 Å². The third-order valence-corrected chi connectivity index (χ3v) is 7.88. The molecule has 0 spiro atoms. The monoisotopic (exact) mass is 527 g/mol. The molecule has 188 valence electrons. The average molecular weight is 528 g/mol. The first kappa shape index (κ1) is 26.0. The van der Waals surface area contributed by atoms with E-state index in [0.717, 1.165) is 5.01 Å². The Balaban J connectivity index is 1.40. The Morgan fingerprint density at radius 2 is 1.83 bits per heavy atom. The van der Waals surface area contributed by atoms with Crippen LogP contribution in [-0.4, -0.2) is 58.1 Å². The van der Waals surface area contributed by atoms with Crippen molar-refractivity contribution in [2.75, 3.05) is 19.6 Å². The van der Waals surface area contributed by atoms with Crippen LogP contribution < -0.4 is 0 Å². The third kappa shape index (κ3) is 5.34. The molecule has 4 rings (SSSR count). The van der Waals surface area contributed by atoms with Crippen molar-refractivity contribution in [2.24, 2.45) is 0 Å². The number of carbonyl (C=O) groups excluding carboxylic acids is 3. The summed E-state index contributed by atoms with van der Waals surface area (Å²) < 4.78 is 14.2. The third-order valence-electron chi connectivity index (χ3n) is 6.56. The maximum absolute atomic E-state index is 14.2. The van der Waals surface area contributed by atoms with Crippen LogP contribution in [0.2, 0.25) is 5.02 Å². The van der Waals surface area contributed by atoms with Gasteiger partial charge in [0.15, 0.2) is 5.78 Å². The molecule has 0 N–H and O–H groups in total. The fourth-order valence-corrected chi connectivity index (χ4v) is 5.70. The first-order valence-electron chi connectivity index (χ1n) is 11.9. The Morgan fingerprint density at radius 3 is 2.47 bits per heavy atom. The van der Waals surface area contributed by atoms with E-state index in [1.807, 2.05) is 13.0 Å². The summed E-state index contributed by atoms with van der Waals surface area (Å²) in [7, 11) is 0. The van der Waals surface area contributed by atoms with Gasteiger partial charge in [-0.15, -0.1) is 11.3 Å². The fraction of sp³-hybridized carbons (Fsp3) is 0.333. The molecule has 1 aromatic heterocycles. The van der Waals surface area contributed by atoms with Crippen LogP contribution in [0, 0.1) is 5.82 Å². The Labute approximate surface area is 218 Å². The minimum absolute atomic E-state index is 0.0927. The van der Waals surface area contributed by atoms with Crippen molar-refractivity contribution in [2.45, 2.75) is 38.6 Å². The number of benzene rings is 2. The summed E-state index contributed by atoms with van der Waals surface area (Å²) in [5.41, 5.74) is 0.785. The highest BCUT2D eigenvalue weighted by atomic mass is 35.5. The van der Waals surface area contributed by atoms with E-state index < -0.39 is 17.8 Å². The van der Waals surface area contributed by atoms with Gasteiger partial charge in [0.25, 0.3) is 11.8 Å². The molecule has 0 aliphatic carbocycles. The molecule has 3 aromatic rings. The molecule has 1 aliphatic heterocycles. The van der Waals surface area contributed by atoms with Crippen LogP contribution in [0.4, 0.5) is 4.39 Å². The summed E-state index contributed by atoms with van der Waals surface area (Å²) in [5, 5.41) is 2.66. The highest BCUT2D eigenvalue weighted by molar-refractivity contribution is 7.09. The highest BCUT2D eigenvalue weighted by Crippen LogP contribution is 2.32. The molecule has 2 amide bonds. The minimum atomic E-state index is -0.627. The quantitative estimate of drug-likeness (QED) is 0.370. The van der Waals surface area contributed by atoms with Crippen molar-refractivity contribution >= 4 is 40.5 Å². The minimum Gasteiger partial charge on any atom is -0.338 e. The van der Waals surface area contributed by atoms with Crippen molar-refractivity contribution < 1.29 is 18.8 Å². The normalized spacial score (nSPS) is 14.9. The molecular weight excluding hydrogens is 501 g/mol. The second kappa shape index (κ2) is 11.3. The van der Waals surface area contributed by atoms with E-state index in [4.69, 9.17) is 11.6 Å². The van der Waals surface area contributed by atoms with E-state index in [-0.39, 0.29) is 28.2 Å². The molecule has 1 saturated heterocycles. The van der Waals surface area contributed by atoms with Crippen LogP contribution in [0.5, 0.6) is 0 Å². The summed E-state index contributed by atoms with van der Waals surface area (Å²) >= 11 is 7.47. The molecule has 1 unspecified atom stereocenters. The number of carbonyl (C=O) groups is 3. The van der Waals surface area contributed by atoms with Crippen molar-refractivity contribution in [3.8, 4) is 0 Å². The van der Waals surface area contributed by atoms with E-state index in [0.29, 0.717) is 43.7 Å². The zero-order chi connectivity index (χ0) is 25.8. The van der Waals surface area contributed by atoms with Crippen LogP contribution in [0.1, 0.15) is 68.8 Å². The Hall–Kier alpha value is -3.10. The molecule has 2 aromatic carbocycles. The molecule has 1 fully saturated rings. The zero-order valence-electron chi connectivity index (χ0n) is 20.1. The van der Waals surface area contributed by atoms with Gasteiger partial charge in [-0.05, 0) is 38.8 Å². The van der Waals surface area contributed by atoms with Gasteiger partial charge in [0.05, 0.1) is 21.6 Å². The summed E-state index contributed by atoms with van der Waals surface area (Å²) in [5.74, 6) is -1.35. The predicted octanol–water partition coefficient (Wildman–Crippen LogP) is 5.69. The lowest BCUT2D eigenvalue weighted by atomic mass is 9.97. The van der Waals surface area contributed by atoms with Crippen molar-refractivity contribution in [3.05, 3.63) is 86.6 Å². The van der Waals surface area contributed by atoms with Gasteiger partial charge in [0, 0.05) is 36.5 Å². The van der Waals surface area contributed by atoms with Gasteiger partial charge in [0.1, 0.15) is 11.5 Å². The number of piperidine rings is 1. The summed E-state index contributed by atoms with van der Waals surface area (Å²) in [6.07, 6.45) is 1.30. The second-order valence-corrected chi connectivity index (χ2v) is 10.0. The van der Waals surface area contributed by atoms with Crippen LogP contribution >= 0.6 is 22.9 Å². The summed E-state index contributed by atoms with van der Waals surface area (Å²) in [4.78, 5) is 46.7. The molecule has 0 radical (unpaired) electrons. The smallest absolute Gasteiger partial charge is 0.273 e. The highest BCUT2D eigenvalue weighted by Gasteiger charge is 2.31. The number of hydrogen-bond donors (Lipinski definition) is 0. The van der Waals surface area contributed by atoms with Crippen LogP contribution in [0.3, 0.4) is 0 Å². The predicted molar refractivity (Wildman–Crippen MR) is 138 cm³/mol. The number of thiazole rings is 1. The van der Waals surface area contributed by atoms with Gasteiger partial charge in [-0.3, -0.25) is 14.4 Å². The van der Waals surface area contributed by atoms with Crippen molar-refractivity contribution in [1.82, 2.24) is 14.8 Å². The SMILES string of the molecule is CCN(C(=O)c1csc(C2CCN(C(=O)c3c(F)cccc3Cl)CC2)n1)C(C)C(=O)c1ccccc1. The lowest BCUT2D eigenvalue weighted by molar-refractivity contribution is 0.0633.